The van der Waals surface area contributed by atoms with Gasteiger partial charge in [0.05, 0.1) is 5.10 Å². The van der Waals surface area contributed by atoms with E-state index >= 15 is 0 Å². The predicted octanol–water partition coefficient (Wildman–Crippen LogP) is 0.839. The van der Waals surface area contributed by atoms with Gasteiger partial charge in [-0.05, 0) is 30.2 Å². The van der Waals surface area contributed by atoms with E-state index in [-0.39, 0.29) is 0 Å². The van der Waals surface area contributed by atoms with Crippen molar-refractivity contribution in [2.75, 3.05) is 0 Å². The molecular formula is C10H10N5O+. The van der Waals surface area contributed by atoms with Gasteiger partial charge < -0.3 is 0 Å². The number of hydrogen-bond donors (Lipinski definition) is 1. The van der Waals surface area contributed by atoms with Crippen LogP contribution in [0.5, 0.6) is 0 Å². The zero-order valence-electron chi connectivity index (χ0n) is 8.93. The third kappa shape index (κ3) is 1.27. The fraction of sp³-hybridized carbons (Fsp3) is 0.200. The lowest BCUT2D eigenvalue weighted by Gasteiger charge is -1.95. The molecule has 0 aliphatic heterocycles. The molecule has 0 atom stereocenters. The third-order valence-corrected chi connectivity index (χ3v) is 2.46. The van der Waals surface area contributed by atoms with Crippen LogP contribution >= 0.6 is 0 Å². The number of nitrogens with one attached hydrogen (secondary N) is 1. The minimum absolute atomic E-state index is 0.472. The molecular weight excluding hydrogens is 206 g/mol. The van der Waals surface area contributed by atoms with Crippen LogP contribution in [0.1, 0.15) is 11.1 Å². The molecule has 2 aromatic heterocycles. The highest BCUT2D eigenvalue weighted by molar-refractivity contribution is 5.60. The topological polar surface area (TPSA) is 71.5 Å². The lowest BCUT2D eigenvalue weighted by Crippen LogP contribution is -2.36. The fourth-order valence-corrected chi connectivity index (χ4v) is 1.70. The van der Waals surface area contributed by atoms with Crippen molar-refractivity contribution in [1.29, 1.82) is 0 Å². The summed E-state index contributed by atoms with van der Waals surface area (Å²) in [5.41, 5.74) is 4.35. The molecule has 0 bridgehead atoms. The Morgan fingerprint density at radius 3 is 2.88 bits per heavy atom. The molecule has 6 heteroatoms. The number of nitrogens with zero attached hydrogens (tertiary/aromatic N) is 4. The first-order valence-electron chi connectivity index (χ1n) is 4.92. The van der Waals surface area contributed by atoms with E-state index < -0.39 is 0 Å². The number of hydrogen-bond acceptors (Lipinski definition) is 4. The number of benzene rings is 1. The van der Waals surface area contributed by atoms with Gasteiger partial charge in [0.2, 0.25) is 0 Å². The Hall–Kier alpha value is -2.24. The lowest BCUT2D eigenvalue weighted by molar-refractivity contribution is -0.711. The van der Waals surface area contributed by atoms with Gasteiger partial charge in [-0.2, -0.15) is 0 Å². The Morgan fingerprint density at radius 2 is 2.12 bits per heavy atom. The summed E-state index contributed by atoms with van der Waals surface area (Å²) in [5, 5.41) is 14.6. The van der Waals surface area contributed by atoms with Crippen LogP contribution in [-0.2, 0) is 0 Å². The van der Waals surface area contributed by atoms with E-state index in [1.165, 1.54) is 5.56 Å². The zero-order chi connectivity index (χ0) is 11.1. The van der Waals surface area contributed by atoms with Crippen LogP contribution in [0.25, 0.3) is 17.0 Å². The zero-order valence-corrected chi connectivity index (χ0v) is 8.93. The molecule has 0 radical (unpaired) electrons. The minimum atomic E-state index is 0.472. The van der Waals surface area contributed by atoms with Crippen LogP contribution in [0.4, 0.5) is 0 Å². The molecule has 1 aromatic carbocycles. The van der Waals surface area contributed by atoms with Gasteiger partial charge in [-0.15, -0.1) is 5.10 Å². The molecule has 0 saturated carbocycles. The molecule has 0 aliphatic carbocycles. The van der Waals surface area contributed by atoms with Crippen molar-refractivity contribution in [2.24, 2.45) is 0 Å². The van der Waals surface area contributed by atoms with Gasteiger partial charge in [0.15, 0.2) is 0 Å². The molecule has 16 heavy (non-hydrogen) atoms. The van der Waals surface area contributed by atoms with E-state index in [2.05, 4.69) is 38.1 Å². The molecule has 80 valence electrons. The summed E-state index contributed by atoms with van der Waals surface area (Å²) >= 11 is 0. The fourth-order valence-electron chi connectivity index (χ4n) is 1.70. The number of rotatable bonds is 1. The van der Waals surface area contributed by atoms with Crippen LogP contribution in [0.2, 0.25) is 0 Å². The Balaban J connectivity index is 2.19. The van der Waals surface area contributed by atoms with E-state index in [0.29, 0.717) is 11.3 Å². The van der Waals surface area contributed by atoms with Crippen molar-refractivity contribution in [3.05, 3.63) is 29.3 Å². The number of aromatic amines is 1. The molecule has 0 amide bonds. The molecule has 3 rings (SSSR count). The SMILES string of the molecule is Cc1ccc(-[n+]2nc3nonc3[nH]2)c(C)c1. The van der Waals surface area contributed by atoms with Gasteiger partial charge in [-0.25, -0.2) is 4.63 Å². The first-order chi connectivity index (χ1) is 7.74. The number of aryl methyl sites for hydroxylation is 2. The van der Waals surface area contributed by atoms with Crippen molar-refractivity contribution in [3.63, 3.8) is 0 Å². The van der Waals surface area contributed by atoms with E-state index in [9.17, 15) is 0 Å². The highest BCUT2D eigenvalue weighted by Crippen LogP contribution is 2.10. The number of fused-ring (bicyclic) bond motifs is 1. The third-order valence-electron chi connectivity index (χ3n) is 2.46. The van der Waals surface area contributed by atoms with E-state index in [0.717, 1.165) is 11.3 Å². The average molecular weight is 216 g/mol. The second-order valence-corrected chi connectivity index (χ2v) is 3.75. The summed E-state index contributed by atoms with van der Waals surface area (Å²) in [4.78, 5) is 1.65. The maximum Gasteiger partial charge on any atom is 0.314 e. The Morgan fingerprint density at radius 1 is 1.25 bits per heavy atom. The summed E-state index contributed by atoms with van der Waals surface area (Å²) in [6.45, 7) is 4.09. The highest BCUT2D eigenvalue weighted by Gasteiger charge is 2.19. The van der Waals surface area contributed by atoms with Gasteiger partial charge >= 0.3 is 5.65 Å². The van der Waals surface area contributed by atoms with Crippen molar-refractivity contribution in [3.8, 4) is 5.69 Å². The van der Waals surface area contributed by atoms with Crippen LogP contribution in [-0.4, -0.2) is 20.5 Å². The van der Waals surface area contributed by atoms with Crippen molar-refractivity contribution in [1.82, 2.24) is 20.5 Å². The largest absolute Gasteiger partial charge is 0.314 e. The smallest absolute Gasteiger partial charge is 0.240 e. The van der Waals surface area contributed by atoms with Gasteiger partial charge in [-0.3, -0.25) is 0 Å². The molecule has 0 spiro atoms. The Bertz CT molecular complexity index is 626. The Kier molecular flexibility index (Phi) is 1.76. The molecule has 0 fully saturated rings. The molecule has 1 N–H and O–H groups in total. The minimum Gasteiger partial charge on any atom is -0.240 e. The van der Waals surface area contributed by atoms with Crippen molar-refractivity contribution < 1.29 is 9.43 Å². The average Bonchev–Trinajstić information content (AvgIpc) is 2.76. The highest BCUT2D eigenvalue weighted by atomic mass is 16.6. The molecule has 0 aliphatic rings. The van der Waals surface area contributed by atoms with Crippen LogP contribution in [0, 0.1) is 13.8 Å². The van der Waals surface area contributed by atoms with Crippen LogP contribution in [0.3, 0.4) is 0 Å². The normalized spacial score (nSPS) is 11.1. The van der Waals surface area contributed by atoms with E-state index in [4.69, 9.17) is 0 Å². The van der Waals surface area contributed by atoms with Gasteiger partial charge in [0.1, 0.15) is 0 Å². The maximum atomic E-state index is 4.54. The predicted molar refractivity (Wildman–Crippen MR) is 55.0 cm³/mol. The van der Waals surface area contributed by atoms with Crippen LogP contribution < -0.4 is 4.80 Å². The summed E-state index contributed by atoms with van der Waals surface area (Å²) in [6.07, 6.45) is 0. The summed E-state index contributed by atoms with van der Waals surface area (Å²) in [7, 11) is 0. The number of H-pyrrole nitrogens is 1. The molecule has 0 unspecified atom stereocenters. The maximum absolute atomic E-state index is 4.54. The molecule has 3 aromatic rings. The second kappa shape index (κ2) is 3.13. The summed E-state index contributed by atoms with van der Waals surface area (Å²) in [5.74, 6) is 0. The van der Waals surface area contributed by atoms with Crippen molar-refractivity contribution >= 4 is 11.3 Å². The first kappa shape index (κ1) is 9.02. The lowest BCUT2D eigenvalue weighted by atomic mass is 10.1. The summed E-state index contributed by atoms with van der Waals surface area (Å²) < 4.78 is 4.54. The Labute approximate surface area is 90.8 Å². The second-order valence-electron chi connectivity index (χ2n) is 3.75. The van der Waals surface area contributed by atoms with Gasteiger partial charge in [-0.1, -0.05) is 11.6 Å². The van der Waals surface area contributed by atoms with Crippen LogP contribution in [0.15, 0.2) is 22.8 Å². The quantitative estimate of drug-likeness (QED) is 0.612. The van der Waals surface area contributed by atoms with Crippen molar-refractivity contribution in [2.45, 2.75) is 13.8 Å². The number of aromatic nitrogens is 5. The first-order valence-corrected chi connectivity index (χ1v) is 4.92. The van der Waals surface area contributed by atoms with E-state index in [1.807, 2.05) is 19.1 Å². The molecule has 6 nitrogen and oxygen atoms in total. The standard InChI is InChI=1S/C10H10N5O/c1-6-3-4-8(7(2)5-6)15-11-9-10(12-15)14-16-13-9/h3-5H,1-2H3,(H,11,12,13,14)/q+1. The van der Waals surface area contributed by atoms with Gasteiger partial charge in [0, 0.05) is 16.4 Å². The molecule has 0 saturated heterocycles. The molecule has 2 heterocycles. The van der Waals surface area contributed by atoms with Gasteiger partial charge in [0.25, 0.3) is 11.3 Å². The summed E-state index contributed by atoms with van der Waals surface area (Å²) in [6, 6.07) is 6.14. The van der Waals surface area contributed by atoms with E-state index in [1.54, 1.807) is 4.80 Å². The monoisotopic (exact) mass is 216 g/mol.